The maximum absolute atomic E-state index is 13.5. The van der Waals surface area contributed by atoms with Gasteiger partial charge < -0.3 is 23.6 Å². The number of amides is 2. The van der Waals surface area contributed by atoms with Crippen molar-refractivity contribution < 1.29 is 46.3 Å². The van der Waals surface area contributed by atoms with Crippen LogP contribution in [-0.4, -0.2) is 39.2 Å². The van der Waals surface area contributed by atoms with E-state index < -0.39 is 40.7 Å². The minimum atomic E-state index is -4.55. The van der Waals surface area contributed by atoms with Crippen LogP contribution in [0.1, 0.15) is 73.1 Å². The van der Waals surface area contributed by atoms with Gasteiger partial charge in [0.1, 0.15) is 39.0 Å². The number of anilines is 1. The summed E-state index contributed by atoms with van der Waals surface area (Å²) in [5.74, 6) is 0.228. The van der Waals surface area contributed by atoms with Gasteiger partial charge in [0, 0.05) is 23.6 Å². The van der Waals surface area contributed by atoms with E-state index in [9.17, 15) is 22.8 Å². The Morgan fingerprint density at radius 1 is 0.977 bits per heavy atom. The first kappa shape index (κ1) is 33.0. The Labute approximate surface area is 256 Å². The molecule has 0 atom stereocenters. The molecule has 1 aliphatic heterocycles. The van der Waals surface area contributed by atoms with Crippen LogP contribution in [0.3, 0.4) is 0 Å². The van der Waals surface area contributed by atoms with Gasteiger partial charge in [-0.15, -0.1) is 11.8 Å². The van der Waals surface area contributed by atoms with E-state index in [4.69, 9.17) is 23.6 Å². The van der Waals surface area contributed by atoms with Gasteiger partial charge in [-0.25, -0.2) is 9.59 Å². The number of rotatable bonds is 5. The van der Waals surface area contributed by atoms with Crippen molar-refractivity contribution in [1.82, 2.24) is 5.16 Å². The lowest BCUT2D eigenvalue weighted by Crippen LogP contribution is -2.44. The van der Waals surface area contributed by atoms with Crippen LogP contribution in [0.4, 0.5) is 28.4 Å². The maximum atomic E-state index is 13.5. The van der Waals surface area contributed by atoms with Crippen molar-refractivity contribution in [2.75, 3.05) is 4.90 Å². The predicted octanol–water partition coefficient (Wildman–Crippen LogP) is 9.06. The first-order chi connectivity index (χ1) is 20.2. The van der Waals surface area contributed by atoms with Gasteiger partial charge in [0.05, 0.1) is 5.56 Å². The van der Waals surface area contributed by atoms with E-state index in [0.29, 0.717) is 28.2 Å². The first-order valence-corrected chi connectivity index (χ1v) is 14.6. The van der Waals surface area contributed by atoms with Gasteiger partial charge in [0.15, 0.2) is 11.3 Å². The fraction of sp³-hybridized carbons (Fsp3) is 0.467. The number of hydrogen-bond donors (Lipinski definition) is 0. The summed E-state index contributed by atoms with van der Waals surface area (Å²) in [5.41, 5.74) is -2.66. The lowest BCUT2D eigenvalue weighted by Gasteiger charge is -2.29. The summed E-state index contributed by atoms with van der Waals surface area (Å²) in [6, 6.07) is 6.81. The van der Waals surface area contributed by atoms with Gasteiger partial charge in [-0.3, -0.25) is 0 Å². The van der Waals surface area contributed by atoms with E-state index in [2.05, 4.69) is 10.3 Å². The van der Waals surface area contributed by atoms with E-state index in [0.717, 1.165) is 29.3 Å². The van der Waals surface area contributed by atoms with Crippen molar-refractivity contribution in [3.8, 4) is 11.5 Å². The molecule has 0 saturated carbocycles. The Morgan fingerprint density at radius 3 is 2.07 bits per heavy atom. The molecule has 0 radical (unpaired) electrons. The third kappa shape index (κ3) is 8.36. The SMILES string of the molecule is CC(C)(C)OC(=O)N(C(=O)OC(C)(C)C)c1cc2c(CSC3=NOC(C)(C)C3)noc2cc1Oc1ccc(C(F)(F)F)cc1. The van der Waals surface area contributed by atoms with E-state index in [1.807, 2.05) is 13.8 Å². The number of aromatic nitrogens is 1. The van der Waals surface area contributed by atoms with E-state index in [-0.39, 0.29) is 22.8 Å². The molecule has 2 heterocycles. The molecule has 10 nitrogen and oxygen atoms in total. The van der Waals surface area contributed by atoms with Crippen molar-refractivity contribution in [3.05, 3.63) is 47.7 Å². The van der Waals surface area contributed by atoms with Gasteiger partial charge in [0.25, 0.3) is 0 Å². The molecule has 0 saturated heterocycles. The summed E-state index contributed by atoms with van der Waals surface area (Å²) >= 11 is 1.39. The fourth-order valence-electron chi connectivity index (χ4n) is 3.92. The number of hydrogen-bond acceptors (Lipinski definition) is 10. The number of thioether (sulfide) groups is 1. The van der Waals surface area contributed by atoms with E-state index in [1.165, 1.54) is 23.9 Å². The lowest BCUT2D eigenvalue weighted by molar-refractivity contribution is -0.137. The smallest absolute Gasteiger partial charge is 0.424 e. The van der Waals surface area contributed by atoms with Crippen LogP contribution in [0, 0.1) is 0 Å². The summed E-state index contributed by atoms with van der Waals surface area (Å²) in [4.78, 5) is 33.1. The molecule has 2 amide bonds. The minimum absolute atomic E-state index is 0.00378. The number of fused-ring (bicyclic) bond motifs is 1. The highest BCUT2D eigenvalue weighted by molar-refractivity contribution is 8.13. The fourth-order valence-corrected chi connectivity index (χ4v) is 4.97. The number of carbonyl (C=O) groups is 2. The van der Waals surface area contributed by atoms with Crippen LogP contribution in [0.2, 0.25) is 0 Å². The van der Waals surface area contributed by atoms with Gasteiger partial charge in [-0.2, -0.15) is 18.1 Å². The Morgan fingerprint density at radius 2 is 1.57 bits per heavy atom. The summed E-state index contributed by atoms with van der Waals surface area (Å²) in [6.07, 6.45) is -6.06. The Bertz CT molecular complexity index is 1540. The zero-order valence-electron chi connectivity index (χ0n) is 25.6. The highest BCUT2D eigenvalue weighted by Gasteiger charge is 2.36. The van der Waals surface area contributed by atoms with Crippen LogP contribution >= 0.6 is 11.8 Å². The van der Waals surface area contributed by atoms with Crippen molar-refractivity contribution in [3.63, 3.8) is 0 Å². The molecule has 0 aliphatic carbocycles. The number of imide groups is 1. The quantitative estimate of drug-likeness (QED) is 0.270. The molecule has 0 unspecified atom stereocenters. The molecule has 0 bridgehead atoms. The molecule has 3 aromatic rings. The molecule has 1 aromatic heterocycles. The van der Waals surface area contributed by atoms with Crippen LogP contribution in [0.5, 0.6) is 11.5 Å². The Kier molecular flexibility index (Phi) is 8.89. The molecule has 4 rings (SSSR count). The van der Waals surface area contributed by atoms with E-state index in [1.54, 1.807) is 41.5 Å². The second-order valence-electron chi connectivity index (χ2n) is 12.7. The molecule has 238 valence electrons. The van der Waals surface area contributed by atoms with Gasteiger partial charge in [-0.05, 0) is 85.7 Å². The summed E-state index contributed by atoms with van der Waals surface area (Å²) in [5, 5.41) is 9.49. The van der Waals surface area contributed by atoms with Crippen molar-refractivity contribution in [2.24, 2.45) is 5.16 Å². The average Bonchev–Trinajstić information content (AvgIpc) is 3.42. The third-order valence-corrected chi connectivity index (χ3v) is 6.75. The molecule has 44 heavy (non-hydrogen) atoms. The lowest BCUT2D eigenvalue weighted by atomic mass is 10.1. The minimum Gasteiger partial charge on any atom is -0.455 e. The zero-order chi connectivity index (χ0) is 32.7. The molecular weight excluding hydrogens is 603 g/mol. The number of ether oxygens (including phenoxy) is 3. The summed E-state index contributed by atoms with van der Waals surface area (Å²) < 4.78 is 62.0. The third-order valence-electron chi connectivity index (χ3n) is 5.78. The van der Waals surface area contributed by atoms with Crippen molar-refractivity contribution in [1.29, 1.82) is 0 Å². The summed E-state index contributed by atoms with van der Waals surface area (Å²) in [7, 11) is 0. The number of halogens is 3. The molecule has 0 spiro atoms. The van der Waals surface area contributed by atoms with E-state index >= 15 is 0 Å². The first-order valence-electron chi connectivity index (χ1n) is 13.6. The van der Waals surface area contributed by atoms with Gasteiger partial charge in [0.2, 0.25) is 0 Å². The van der Waals surface area contributed by atoms with Crippen LogP contribution < -0.4 is 9.64 Å². The monoisotopic (exact) mass is 637 g/mol. The Hall–Kier alpha value is -3.94. The van der Waals surface area contributed by atoms with Crippen LogP contribution in [-0.2, 0) is 26.2 Å². The molecule has 14 heteroatoms. The highest BCUT2D eigenvalue weighted by atomic mass is 32.2. The average molecular weight is 638 g/mol. The standard InChI is InChI=1S/C30H34F3N3O7S/c1-27(2,3)40-25(37)36(26(38)41-28(4,5)6)21-13-19-20(16-44-24-15-29(7,8)43-35-24)34-42-22(19)14-23(21)39-18-11-9-17(10-12-18)30(31,32)33/h9-14H,15-16H2,1-8H3. The highest BCUT2D eigenvalue weighted by Crippen LogP contribution is 2.41. The molecule has 0 fully saturated rings. The zero-order valence-corrected chi connectivity index (χ0v) is 26.4. The topological polar surface area (TPSA) is 113 Å². The summed E-state index contributed by atoms with van der Waals surface area (Å²) in [6.45, 7) is 13.6. The van der Waals surface area contributed by atoms with Crippen LogP contribution in [0.25, 0.3) is 11.0 Å². The number of carbonyl (C=O) groups excluding carboxylic acids is 2. The predicted molar refractivity (Wildman–Crippen MR) is 159 cm³/mol. The van der Waals surface area contributed by atoms with Crippen LogP contribution in [0.15, 0.2) is 46.1 Å². The van der Waals surface area contributed by atoms with Crippen molar-refractivity contribution >= 4 is 45.6 Å². The normalized spacial score (nSPS) is 15.0. The number of nitrogens with zero attached hydrogens (tertiary/aromatic N) is 3. The second-order valence-corrected chi connectivity index (χ2v) is 13.7. The van der Waals surface area contributed by atoms with Gasteiger partial charge >= 0.3 is 18.4 Å². The van der Waals surface area contributed by atoms with Gasteiger partial charge in [-0.1, -0.05) is 10.3 Å². The molecule has 1 aliphatic rings. The molecule has 0 N–H and O–H groups in total. The number of alkyl halides is 3. The molecule has 2 aromatic carbocycles. The maximum Gasteiger partial charge on any atom is 0.424 e. The largest absolute Gasteiger partial charge is 0.455 e. The Balaban J connectivity index is 1.80. The van der Waals surface area contributed by atoms with Crippen molar-refractivity contribution in [2.45, 2.75) is 90.5 Å². The second kappa shape index (κ2) is 11.9. The molecular formula is C30H34F3N3O7S. The number of benzene rings is 2. The number of oxime groups is 1.